The van der Waals surface area contributed by atoms with E-state index < -0.39 is 19.7 Å². The van der Waals surface area contributed by atoms with Gasteiger partial charge in [0.15, 0.2) is 5.69 Å². The molecular weight excluding hydrogens is 546 g/mol. The first-order chi connectivity index (χ1) is 20.2. The van der Waals surface area contributed by atoms with E-state index in [0.717, 1.165) is 34.7 Å². The van der Waals surface area contributed by atoms with E-state index in [1.165, 1.54) is 0 Å². The molecule has 0 aliphatic heterocycles. The lowest BCUT2D eigenvalue weighted by atomic mass is 9.91. The fourth-order valence-corrected chi connectivity index (χ4v) is 7.20. The van der Waals surface area contributed by atoms with Crippen molar-refractivity contribution in [2.75, 3.05) is 13.2 Å². The Hall–Kier alpha value is -3.98. The van der Waals surface area contributed by atoms with Crippen molar-refractivity contribution < 1.29 is 23.5 Å². The third-order valence-corrected chi connectivity index (χ3v) is 12.6. The van der Waals surface area contributed by atoms with Gasteiger partial charge in [-0.15, -0.1) is 0 Å². The molecule has 2 aromatic carbocycles. The summed E-state index contributed by atoms with van der Waals surface area (Å²) in [5.41, 5.74) is 2.11. The quantitative estimate of drug-likeness (QED) is 0.0903. The minimum Gasteiger partial charge on any atom is -0.530 e. The summed E-state index contributed by atoms with van der Waals surface area (Å²) in [6, 6.07) is 24.0. The lowest BCUT2D eigenvalue weighted by Crippen LogP contribution is -2.40. The molecule has 0 fully saturated rings. The Morgan fingerprint density at radius 2 is 1.48 bits per heavy atom. The molecule has 4 rings (SSSR count). The Balaban J connectivity index is 1.81. The number of hydrogen-bond donors (Lipinski definition) is 0. The third kappa shape index (κ3) is 6.57. The maximum atomic E-state index is 13.7. The molecule has 2 aromatic heterocycles. The highest BCUT2D eigenvalue weighted by Gasteiger charge is 2.36. The van der Waals surface area contributed by atoms with Gasteiger partial charge in [-0.1, -0.05) is 70.2 Å². The second-order valence-corrected chi connectivity index (χ2v) is 15.7. The topological polar surface area (TPSA) is 92.5 Å². The van der Waals surface area contributed by atoms with Gasteiger partial charge in [-0.25, -0.2) is 14.5 Å². The van der Waals surface area contributed by atoms with Crippen LogP contribution in [0.4, 0.5) is 0 Å². The van der Waals surface area contributed by atoms with E-state index in [2.05, 4.69) is 20.8 Å². The van der Waals surface area contributed by atoms with E-state index in [0.29, 0.717) is 23.6 Å². The first kappa shape index (κ1) is 31.0. The molecular formula is C33H41N3O5Si. The molecule has 0 saturated carbocycles. The van der Waals surface area contributed by atoms with Gasteiger partial charge >= 0.3 is 11.9 Å². The van der Waals surface area contributed by atoms with Crippen molar-refractivity contribution in [2.45, 2.75) is 66.1 Å². The van der Waals surface area contributed by atoms with Crippen molar-refractivity contribution in [1.29, 1.82) is 0 Å². The second kappa shape index (κ2) is 13.3. The zero-order valence-corrected chi connectivity index (χ0v) is 26.5. The molecule has 0 amide bonds. The van der Waals surface area contributed by atoms with Gasteiger partial charge in [0.25, 0.3) is 8.32 Å². The molecule has 0 unspecified atom stereocenters. The SMILES string of the molecule is CCC(C)(C)C(=O)OCCOC(=O)c1nn(-c2ccccc2)c(O[Si](CC)(CC)CC)c1-c1ccc2ccccc2n1. The molecule has 0 bridgehead atoms. The van der Waals surface area contributed by atoms with Gasteiger partial charge in [-0.3, -0.25) is 4.79 Å². The second-order valence-electron chi connectivity index (χ2n) is 11.0. The Kier molecular flexibility index (Phi) is 9.83. The summed E-state index contributed by atoms with van der Waals surface area (Å²) < 4.78 is 19.7. The largest absolute Gasteiger partial charge is 0.530 e. The van der Waals surface area contributed by atoms with Crippen LogP contribution in [-0.4, -0.2) is 48.2 Å². The first-order valence-electron chi connectivity index (χ1n) is 14.8. The van der Waals surface area contributed by atoms with E-state index in [4.69, 9.17) is 24.0 Å². The van der Waals surface area contributed by atoms with E-state index in [1.54, 1.807) is 4.68 Å². The fraction of sp³-hybridized carbons (Fsp3) is 0.394. The van der Waals surface area contributed by atoms with Crippen molar-refractivity contribution in [3.63, 3.8) is 0 Å². The molecule has 2 heterocycles. The normalized spacial score (nSPS) is 11.9. The number of fused-ring (bicyclic) bond motifs is 1. The number of carbonyl (C=O) groups is 2. The van der Waals surface area contributed by atoms with Gasteiger partial charge in [0.1, 0.15) is 13.2 Å². The van der Waals surface area contributed by atoms with E-state index in [1.807, 2.05) is 87.5 Å². The van der Waals surface area contributed by atoms with Crippen molar-refractivity contribution in [3.8, 4) is 22.8 Å². The highest BCUT2D eigenvalue weighted by molar-refractivity contribution is 6.74. The van der Waals surface area contributed by atoms with Gasteiger partial charge in [-0.2, -0.15) is 5.10 Å². The van der Waals surface area contributed by atoms with Crippen LogP contribution in [-0.2, 0) is 14.3 Å². The molecule has 222 valence electrons. The average molecular weight is 588 g/mol. The fourth-order valence-electron chi connectivity index (χ4n) is 4.67. The molecule has 0 atom stereocenters. The molecule has 0 aliphatic rings. The summed E-state index contributed by atoms with van der Waals surface area (Å²) >= 11 is 0. The minimum absolute atomic E-state index is 0.0438. The molecule has 9 heteroatoms. The van der Waals surface area contributed by atoms with Crippen LogP contribution in [0, 0.1) is 5.41 Å². The zero-order valence-electron chi connectivity index (χ0n) is 25.5. The average Bonchev–Trinajstić information content (AvgIpc) is 3.40. The predicted octanol–water partition coefficient (Wildman–Crippen LogP) is 7.61. The Bertz CT molecular complexity index is 1520. The molecule has 0 spiro atoms. The number of ether oxygens (including phenoxy) is 2. The highest BCUT2D eigenvalue weighted by Crippen LogP contribution is 2.39. The zero-order chi connectivity index (χ0) is 30.3. The number of esters is 2. The van der Waals surface area contributed by atoms with Crippen LogP contribution >= 0.6 is 0 Å². The lowest BCUT2D eigenvalue weighted by Gasteiger charge is -2.29. The molecule has 0 N–H and O–H groups in total. The smallest absolute Gasteiger partial charge is 0.359 e. The highest BCUT2D eigenvalue weighted by atomic mass is 28.4. The van der Waals surface area contributed by atoms with Crippen molar-refractivity contribution in [3.05, 3.63) is 72.4 Å². The van der Waals surface area contributed by atoms with Gasteiger partial charge in [0.05, 0.1) is 27.9 Å². The number of benzene rings is 2. The van der Waals surface area contributed by atoms with Gasteiger partial charge in [0, 0.05) is 5.39 Å². The van der Waals surface area contributed by atoms with Crippen molar-refractivity contribution in [1.82, 2.24) is 14.8 Å². The van der Waals surface area contributed by atoms with Crippen LogP contribution in [0.2, 0.25) is 18.1 Å². The van der Waals surface area contributed by atoms with Gasteiger partial charge in [-0.05, 0) is 62.7 Å². The molecule has 4 aromatic rings. The van der Waals surface area contributed by atoms with E-state index in [9.17, 15) is 9.59 Å². The van der Waals surface area contributed by atoms with Gasteiger partial charge < -0.3 is 13.9 Å². The Morgan fingerprint density at radius 3 is 2.14 bits per heavy atom. The molecule has 0 saturated heterocycles. The minimum atomic E-state index is -2.23. The summed E-state index contributed by atoms with van der Waals surface area (Å²) in [4.78, 5) is 31.0. The summed E-state index contributed by atoms with van der Waals surface area (Å²) in [6.07, 6.45) is 0.644. The standard InChI is InChI=1S/C33H41N3O5Si/c1-7-33(5,6)32(38)40-23-22-39-31(37)29-28(27-21-20-24-16-14-15-19-26(24)34-27)30(41-42(8-2,9-3)10-4)36(35-29)25-17-12-11-13-18-25/h11-21H,7-10,22-23H2,1-6H3. The number of nitrogens with zero attached hydrogens (tertiary/aromatic N) is 3. The summed E-state index contributed by atoms with van der Waals surface area (Å²) in [5, 5.41) is 5.77. The molecule has 42 heavy (non-hydrogen) atoms. The van der Waals surface area contributed by atoms with E-state index in [-0.39, 0.29) is 24.9 Å². The molecule has 0 aliphatic carbocycles. The summed E-state index contributed by atoms with van der Waals surface area (Å²) in [6.45, 7) is 11.9. The summed E-state index contributed by atoms with van der Waals surface area (Å²) in [7, 11) is -2.23. The lowest BCUT2D eigenvalue weighted by molar-refractivity contribution is -0.155. The Morgan fingerprint density at radius 1 is 0.833 bits per heavy atom. The predicted molar refractivity (Wildman–Crippen MR) is 167 cm³/mol. The van der Waals surface area contributed by atoms with Crippen LogP contribution < -0.4 is 4.43 Å². The maximum Gasteiger partial charge on any atom is 0.359 e. The van der Waals surface area contributed by atoms with Crippen molar-refractivity contribution in [2.24, 2.45) is 5.41 Å². The number of aromatic nitrogens is 3. The van der Waals surface area contributed by atoms with Crippen molar-refractivity contribution >= 4 is 31.2 Å². The maximum absolute atomic E-state index is 13.7. The summed E-state index contributed by atoms with van der Waals surface area (Å²) in [5.74, 6) is -0.475. The van der Waals surface area contributed by atoms with Crippen LogP contribution in [0.3, 0.4) is 0 Å². The third-order valence-electron chi connectivity index (χ3n) is 8.12. The monoisotopic (exact) mass is 587 g/mol. The van der Waals surface area contributed by atoms with Crippen LogP contribution in [0.25, 0.3) is 27.8 Å². The number of hydrogen-bond acceptors (Lipinski definition) is 7. The molecule has 0 radical (unpaired) electrons. The van der Waals surface area contributed by atoms with Crippen LogP contribution in [0.5, 0.6) is 5.88 Å². The van der Waals surface area contributed by atoms with Gasteiger partial charge in [0.2, 0.25) is 5.88 Å². The van der Waals surface area contributed by atoms with E-state index >= 15 is 0 Å². The molecule has 8 nitrogen and oxygen atoms in total. The van der Waals surface area contributed by atoms with Crippen LogP contribution in [0.1, 0.15) is 58.5 Å². The number of pyridine rings is 1. The number of rotatable bonds is 13. The number of para-hydroxylation sites is 2. The Labute approximate surface area is 249 Å². The van der Waals surface area contributed by atoms with Crippen LogP contribution in [0.15, 0.2) is 66.7 Å². The first-order valence-corrected chi connectivity index (χ1v) is 17.3. The number of carbonyl (C=O) groups excluding carboxylic acids is 2.